The molecule has 256 valence electrons. The summed E-state index contributed by atoms with van der Waals surface area (Å²) < 4.78 is 4.79. The zero-order chi connectivity index (χ0) is 36.3. The van der Waals surface area contributed by atoms with Gasteiger partial charge in [-0.15, -0.1) is 0 Å². The van der Waals surface area contributed by atoms with E-state index >= 15 is 0 Å². The Bertz CT molecular complexity index is 3320. The van der Waals surface area contributed by atoms with Gasteiger partial charge in [0.1, 0.15) is 0 Å². The second-order valence-corrected chi connectivity index (χ2v) is 14.8. The van der Waals surface area contributed by atoms with Crippen molar-refractivity contribution in [2.24, 2.45) is 0 Å². The van der Waals surface area contributed by atoms with Crippen molar-refractivity contribution >= 4 is 60.6 Å². The molecule has 2 aromatic heterocycles. The zero-order valence-electron chi connectivity index (χ0n) is 30.1. The third-order valence-electron chi connectivity index (χ3n) is 12.3. The van der Waals surface area contributed by atoms with Crippen molar-refractivity contribution < 1.29 is 0 Å². The number of hydrogen-bond donors (Lipinski definition) is 0. The predicted molar refractivity (Wildman–Crippen MR) is 232 cm³/mol. The molecule has 2 nitrogen and oxygen atoms in total. The maximum Gasteiger partial charge on any atom is 0.0726 e. The van der Waals surface area contributed by atoms with Crippen LogP contribution in [0.3, 0.4) is 0 Å². The monoisotopic (exact) mass is 698 g/mol. The molecule has 12 rings (SSSR count). The molecule has 0 N–H and O–H groups in total. The van der Waals surface area contributed by atoms with Crippen molar-refractivity contribution in [1.82, 2.24) is 9.13 Å². The lowest BCUT2D eigenvalue weighted by Gasteiger charge is -2.37. The zero-order valence-corrected chi connectivity index (χ0v) is 30.1. The lowest BCUT2D eigenvalue weighted by molar-refractivity contribution is 0.782. The Kier molecular flexibility index (Phi) is 6.16. The molecule has 2 heterocycles. The summed E-state index contributed by atoms with van der Waals surface area (Å²) in [6.45, 7) is 3.84. The van der Waals surface area contributed by atoms with Gasteiger partial charge < -0.3 is 9.13 Å². The molecule has 1 atom stereocenters. The molecule has 0 aliphatic heterocycles. The Labute approximate surface area is 318 Å². The van der Waals surface area contributed by atoms with E-state index in [1.54, 1.807) is 6.08 Å². The molecule has 0 bridgehead atoms. The van der Waals surface area contributed by atoms with Gasteiger partial charge in [0, 0.05) is 33.4 Å². The second-order valence-electron chi connectivity index (χ2n) is 14.8. The molecule has 0 saturated carbocycles. The molecule has 2 aliphatic rings. The van der Waals surface area contributed by atoms with E-state index in [9.17, 15) is 0 Å². The predicted octanol–water partition coefficient (Wildman–Crippen LogP) is 13.6. The van der Waals surface area contributed by atoms with Crippen LogP contribution >= 0.6 is 0 Å². The topological polar surface area (TPSA) is 9.86 Å². The number of allylic oxidation sites excluding steroid dienone is 4. The van der Waals surface area contributed by atoms with Crippen molar-refractivity contribution in [2.45, 2.75) is 5.41 Å². The van der Waals surface area contributed by atoms with Gasteiger partial charge in [0.05, 0.1) is 27.5 Å². The van der Waals surface area contributed by atoms with E-state index in [0.717, 1.165) is 0 Å². The number of para-hydroxylation sites is 2. The Morgan fingerprint density at radius 3 is 2.09 bits per heavy atom. The van der Waals surface area contributed by atoms with Crippen molar-refractivity contribution in [3.63, 3.8) is 0 Å². The number of rotatable bonds is 6. The summed E-state index contributed by atoms with van der Waals surface area (Å²) in [6.07, 6.45) is 10.0. The summed E-state index contributed by atoms with van der Waals surface area (Å²) in [6, 6.07) is 61.3. The fraction of sp³-hybridized carbons (Fsp3) is 0.0189. The van der Waals surface area contributed by atoms with Gasteiger partial charge in [0.25, 0.3) is 0 Å². The van der Waals surface area contributed by atoms with E-state index in [0.29, 0.717) is 0 Å². The normalized spacial score (nSPS) is 15.6. The van der Waals surface area contributed by atoms with Crippen LogP contribution in [-0.2, 0) is 5.41 Å². The minimum atomic E-state index is -0.507. The maximum absolute atomic E-state index is 3.84. The molecule has 0 spiro atoms. The van der Waals surface area contributed by atoms with Gasteiger partial charge in [-0.25, -0.2) is 0 Å². The lowest BCUT2D eigenvalue weighted by atomic mass is 9.63. The van der Waals surface area contributed by atoms with E-state index in [-0.39, 0.29) is 0 Å². The number of benzene rings is 8. The molecular weight excluding hydrogens is 665 g/mol. The standard InChI is InChI=1S/C53H34N2/c1-2-3-4-13-32-54-44-24-12-11-21-41(44)49-38(22-15-25-45(49)54)35-26-28-39-40-29-31-47-51-50-46(55(47)37-19-9-6-10-20-37)30-27-34-16-14-23-42(48(34)50)53(52(40)51,43(39)33-35)36-17-7-5-8-18-36/h2-33H,1H2/b4-3-,32-13+. The van der Waals surface area contributed by atoms with E-state index in [1.807, 2.05) is 12.2 Å². The first-order valence-electron chi connectivity index (χ1n) is 19.1. The Morgan fingerprint density at radius 1 is 0.473 bits per heavy atom. The van der Waals surface area contributed by atoms with Crippen LogP contribution in [0.1, 0.15) is 22.3 Å². The largest absolute Gasteiger partial charge is 0.316 e. The molecule has 55 heavy (non-hydrogen) atoms. The van der Waals surface area contributed by atoms with Crippen LogP contribution in [0.15, 0.2) is 195 Å². The van der Waals surface area contributed by atoms with Crippen LogP contribution in [0.5, 0.6) is 0 Å². The van der Waals surface area contributed by atoms with E-state index in [1.165, 1.54) is 105 Å². The van der Waals surface area contributed by atoms with Crippen LogP contribution < -0.4 is 0 Å². The fourth-order valence-corrected chi connectivity index (χ4v) is 10.3. The molecular formula is C53H34N2. The van der Waals surface area contributed by atoms with Crippen molar-refractivity contribution in [3.05, 3.63) is 217 Å². The Hall–Kier alpha value is -7.16. The molecule has 2 aliphatic carbocycles. The van der Waals surface area contributed by atoms with Gasteiger partial charge in [-0.05, 0) is 104 Å². The SMILES string of the molecule is C=C/C=C\C=C\n1c2ccccc2c2c(-c3ccc4c(c3)C3(c5ccccc5)c5cccc6ccc7c(c56)c5c3c-4ccc5n7-c3ccccc3)cccc21. The first-order valence-corrected chi connectivity index (χ1v) is 19.1. The number of nitrogens with zero attached hydrogens (tertiary/aromatic N) is 2. The minimum absolute atomic E-state index is 0.507. The minimum Gasteiger partial charge on any atom is -0.316 e. The number of aromatic nitrogens is 2. The Morgan fingerprint density at radius 2 is 1.22 bits per heavy atom. The first kappa shape index (κ1) is 30.3. The third kappa shape index (κ3) is 3.83. The third-order valence-corrected chi connectivity index (χ3v) is 12.3. The van der Waals surface area contributed by atoms with Gasteiger partial charge in [0.15, 0.2) is 0 Å². The molecule has 8 aromatic carbocycles. The summed E-state index contributed by atoms with van der Waals surface area (Å²) in [5.74, 6) is 0. The van der Waals surface area contributed by atoms with Crippen molar-refractivity contribution in [3.8, 4) is 27.9 Å². The fourth-order valence-electron chi connectivity index (χ4n) is 10.3. The Balaban J connectivity index is 1.20. The number of hydrogen-bond acceptors (Lipinski definition) is 0. The van der Waals surface area contributed by atoms with Crippen molar-refractivity contribution in [2.75, 3.05) is 0 Å². The van der Waals surface area contributed by atoms with E-state index in [4.69, 9.17) is 0 Å². The average Bonchev–Trinajstić information content (AvgIpc) is 3.87. The van der Waals surface area contributed by atoms with Crippen LogP contribution in [-0.4, -0.2) is 9.13 Å². The average molecular weight is 699 g/mol. The molecule has 10 aromatic rings. The van der Waals surface area contributed by atoms with Crippen LogP contribution in [0.2, 0.25) is 0 Å². The molecule has 0 saturated heterocycles. The van der Waals surface area contributed by atoms with E-state index in [2.05, 4.69) is 192 Å². The van der Waals surface area contributed by atoms with E-state index < -0.39 is 5.41 Å². The highest BCUT2D eigenvalue weighted by atomic mass is 15.0. The molecule has 0 amide bonds. The van der Waals surface area contributed by atoms with Crippen LogP contribution in [0, 0.1) is 0 Å². The molecule has 0 fully saturated rings. The van der Waals surface area contributed by atoms with Gasteiger partial charge in [-0.2, -0.15) is 0 Å². The van der Waals surface area contributed by atoms with Gasteiger partial charge in [-0.1, -0.05) is 146 Å². The first-order chi connectivity index (χ1) is 27.3. The van der Waals surface area contributed by atoms with Gasteiger partial charge in [-0.3, -0.25) is 0 Å². The molecule has 2 heteroatoms. The van der Waals surface area contributed by atoms with Crippen LogP contribution in [0.4, 0.5) is 0 Å². The summed E-state index contributed by atoms with van der Waals surface area (Å²) in [5.41, 5.74) is 16.1. The molecule has 0 radical (unpaired) electrons. The summed E-state index contributed by atoms with van der Waals surface area (Å²) >= 11 is 0. The number of fused-ring (bicyclic) bond motifs is 7. The maximum atomic E-state index is 3.84. The second kappa shape index (κ2) is 11.2. The highest BCUT2D eigenvalue weighted by Gasteiger charge is 2.51. The van der Waals surface area contributed by atoms with Gasteiger partial charge >= 0.3 is 0 Å². The summed E-state index contributed by atoms with van der Waals surface area (Å²) in [5, 5.41) is 7.87. The van der Waals surface area contributed by atoms with Crippen molar-refractivity contribution in [1.29, 1.82) is 0 Å². The van der Waals surface area contributed by atoms with Gasteiger partial charge in [0.2, 0.25) is 0 Å². The smallest absolute Gasteiger partial charge is 0.0726 e. The highest BCUT2D eigenvalue weighted by molar-refractivity contribution is 6.28. The summed E-state index contributed by atoms with van der Waals surface area (Å²) in [4.78, 5) is 0. The quantitative estimate of drug-likeness (QED) is 0.153. The van der Waals surface area contributed by atoms with Crippen LogP contribution in [0.25, 0.3) is 88.5 Å². The summed E-state index contributed by atoms with van der Waals surface area (Å²) in [7, 11) is 0. The molecule has 1 unspecified atom stereocenters. The highest BCUT2D eigenvalue weighted by Crippen LogP contribution is 2.64. The lowest BCUT2D eigenvalue weighted by Crippen LogP contribution is -2.30.